The van der Waals surface area contributed by atoms with E-state index in [1.165, 1.54) is 173 Å². The van der Waals surface area contributed by atoms with Crippen molar-refractivity contribution in [1.82, 2.24) is 9.91 Å². The second-order valence-electron chi connectivity index (χ2n) is 16.4. The Kier molecular flexibility index (Phi) is 12.6. The second-order valence-corrected chi connectivity index (χ2v) is 16.4. The van der Waals surface area contributed by atoms with Gasteiger partial charge in [0.2, 0.25) is 0 Å². The van der Waals surface area contributed by atoms with Crippen LogP contribution in [0.1, 0.15) is 180 Å². The second kappa shape index (κ2) is 16.8. The molecule has 6 saturated carbocycles. The molecule has 43 heavy (non-hydrogen) atoms. The predicted molar refractivity (Wildman–Crippen MR) is 182 cm³/mol. The molecule has 0 amide bonds. The van der Waals surface area contributed by atoms with Gasteiger partial charge in [-0.25, -0.2) is 0 Å². The number of rotatable bonds is 10. The smallest absolute Gasteiger partial charge is 0.0576 e. The molecule has 2 atom stereocenters. The van der Waals surface area contributed by atoms with Gasteiger partial charge >= 0.3 is 0 Å². The van der Waals surface area contributed by atoms with Gasteiger partial charge in [0.15, 0.2) is 0 Å². The van der Waals surface area contributed by atoms with E-state index < -0.39 is 0 Å². The minimum Gasteiger partial charge on any atom is -0.378 e. The number of ether oxygens (including phenoxy) is 1. The van der Waals surface area contributed by atoms with Crippen LogP contribution in [0, 0.1) is 17.8 Å². The van der Waals surface area contributed by atoms with Crippen molar-refractivity contribution in [3.63, 3.8) is 0 Å². The molecule has 0 aliphatic heterocycles. The van der Waals surface area contributed by atoms with Crippen LogP contribution in [0.25, 0.3) is 0 Å². The third-order valence-corrected chi connectivity index (χ3v) is 13.2. The Balaban J connectivity index is 1.06. The van der Waals surface area contributed by atoms with Gasteiger partial charge in [-0.05, 0) is 114 Å². The van der Waals surface area contributed by atoms with E-state index in [4.69, 9.17) is 9.84 Å². The molecule has 4 heteroatoms. The molecule has 0 saturated heterocycles. The number of hydrogen-bond donors (Lipinski definition) is 0. The van der Waals surface area contributed by atoms with Gasteiger partial charge in [0, 0.05) is 43.0 Å². The fourth-order valence-corrected chi connectivity index (χ4v) is 10.5. The molecular weight excluding hydrogens is 526 g/mol. The molecule has 0 aromatic carbocycles. The first-order valence-electron chi connectivity index (χ1n) is 19.9. The molecule has 2 unspecified atom stereocenters. The van der Waals surface area contributed by atoms with Crippen LogP contribution in [0.2, 0.25) is 0 Å². The third kappa shape index (κ3) is 9.24. The lowest BCUT2D eigenvalue weighted by molar-refractivity contribution is -0.0374. The molecule has 6 fully saturated rings. The van der Waals surface area contributed by atoms with E-state index in [0.29, 0.717) is 24.1 Å². The summed E-state index contributed by atoms with van der Waals surface area (Å²) in [5, 5.41) is 8.14. The maximum Gasteiger partial charge on any atom is 0.0576 e. The van der Waals surface area contributed by atoms with Crippen molar-refractivity contribution in [2.45, 2.75) is 217 Å². The summed E-state index contributed by atoms with van der Waals surface area (Å²) in [5.74, 6) is 2.45. The van der Waals surface area contributed by atoms with Gasteiger partial charge in [0.05, 0.1) is 6.10 Å². The molecule has 4 nitrogen and oxygen atoms in total. The van der Waals surface area contributed by atoms with Crippen molar-refractivity contribution in [2.24, 2.45) is 22.9 Å². The van der Waals surface area contributed by atoms with Gasteiger partial charge in [0.1, 0.15) is 0 Å². The summed E-state index contributed by atoms with van der Waals surface area (Å²) in [6.07, 6.45) is 40.9. The summed E-state index contributed by atoms with van der Waals surface area (Å²) >= 11 is 0. The van der Waals surface area contributed by atoms with Crippen molar-refractivity contribution in [2.75, 3.05) is 6.61 Å². The van der Waals surface area contributed by atoms with E-state index in [1.54, 1.807) is 0 Å². The molecule has 0 heterocycles. The Hall–Kier alpha value is -0.610. The van der Waals surface area contributed by atoms with E-state index in [-0.39, 0.29) is 0 Å². The van der Waals surface area contributed by atoms with Crippen LogP contribution in [0.5, 0.6) is 0 Å². The van der Waals surface area contributed by atoms with Gasteiger partial charge in [-0.3, -0.25) is 9.91 Å². The molecule has 6 aliphatic carbocycles. The molecular formula is C39H69N3O. The first-order valence-corrected chi connectivity index (χ1v) is 19.9. The molecule has 0 radical (unpaired) electrons. The molecule has 246 valence electrons. The third-order valence-electron chi connectivity index (χ3n) is 13.2. The maximum absolute atomic E-state index is 6.61. The molecule has 6 aliphatic rings. The van der Waals surface area contributed by atoms with Crippen molar-refractivity contribution < 1.29 is 4.74 Å². The van der Waals surface area contributed by atoms with Crippen LogP contribution in [0.4, 0.5) is 0 Å². The van der Waals surface area contributed by atoms with Crippen LogP contribution in [0.15, 0.2) is 5.10 Å². The zero-order valence-corrected chi connectivity index (χ0v) is 28.3. The van der Waals surface area contributed by atoms with E-state index >= 15 is 0 Å². The zero-order chi connectivity index (χ0) is 29.3. The summed E-state index contributed by atoms with van der Waals surface area (Å²) in [7, 11) is 0. The normalized spacial score (nSPS) is 36.3. The number of nitrogens with zero attached hydrogens (tertiary/aromatic N) is 3. The van der Waals surface area contributed by atoms with Gasteiger partial charge in [-0.1, -0.05) is 84.0 Å². The van der Waals surface area contributed by atoms with Crippen LogP contribution in [0.3, 0.4) is 0 Å². The molecule has 0 aromatic heterocycles. The summed E-state index contributed by atoms with van der Waals surface area (Å²) in [5.41, 5.74) is 0. The summed E-state index contributed by atoms with van der Waals surface area (Å²) < 4.78 is 6.61. The first-order chi connectivity index (χ1) is 21.2. The van der Waals surface area contributed by atoms with Crippen LogP contribution in [-0.4, -0.2) is 59.0 Å². The quantitative estimate of drug-likeness (QED) is 0.186. The van der Waals surface area contributed by atoms with Gasteiger partial charge in [0.25, 0.3) is 0 Å². The number of hydrazone groups is 1. The van der Waals surface area contributed by atoms with Crippen LogP contribution >= 0.6 is 0 Å². The highest BCUT2D eigenvalue weighted by molar-refractivity contribution is 5.60. The summed E-state index contributed by atoms with van der Waals surface area (Å²) in [6, 6.07) is 3.83. The fourth-order valence-electron chi connectivity index (χ4n) is 10.5. The topological polar surface area (TPSA) is 28.1 Å². The highest BCUT2D eigenvalue weighted by Gasteiger charge is 2.38. The maximum atomic E-state index is 6.61. The largest absolute Gasteiger partial charge is 0.378 e. The lowest BCUT2D eigenvalue weighted by Gasteiger charge is -2.49. The monoisotopic (exact) mass is 596 g/mol. The molecule has 0 bridgehead atoms. The summed E-state index contributed by atoms with van der Waals surface area (Å²) in [4.78, 5) is 3.15. The first kappa shape index (κ1) is 32.3. The van der Waals surface area contributed by atoms with Crippen molar-refractivity contribution in [3.05, 3.63) is 0 Å². The number of hydrogen-bond acceptors (Lipinski definition) is 4. The Morgan fingerprint density at radius 1 is 0.535 bits per heavy atom. The Morgan fingerprint density at radius 3 is 1.67 bits per heavy atom. The van der Waals surface area contributed by atoms with E-state index in [1.807, 2.05) is 0 Å². The van der Waals surface area contributed by atoms with E-state index in [0.717, 1.165) is 36.6 Å². The Labute approximate surface area is 266 Å². The van der Waals surface area contributed by atoms with Crippen molar-refractivity contribution >= 4 is 6.21 Å². The highest BCUT2D eigenvalue weighted by Crippen LogP contribution is 2.39. The lowest BCUT2D eigenvalue weighted by Crippen LogP contribution is -2.53. The van der Waals surface area contributed by atoms with Crippen molar-refractivity contribution in [3.8, 4) is 0 Å². The van der Waals surface area contributed by atoms with Gasteiger partial charge in [-0.15, -0.1) is 0 Å². The summed E-state index contributed by atoms with van der Waals surface area (Å²) in [6.45, 7) is 3.47. The zero-order valence-electron chi connectivity index (χ0n) is 28.3. The van der Waals surface area contributed by atoms with Crippen LogP contribution in [-0.2, 0) is 4.74 Å². The minimum absolute atomic E-state index is 0.528. The SMILES string of the molecule is CC1CCC(COC2CCC(N(C3CCCCC3)C3CCCC(C=NN(C4CCCCC4)C4CCCCC4)C3)CC2)CC1. The Bertz CT molecular complexity index is 779. The minimum atomic E-state index is 0.528. The molecule has 6 rings (SSSR count). The molecule has 0 N–H and O–H groups in total. The average Bonchev–Trinajstić information content (AvgIpc) is 3.07. The fraction of sp³-hybridized carbons (Fsp3) is 0.974. The van der Waals surface area contributed by atoms with E-state index in [2.05, 4.69) is 23.0 Å². The standard InChI is InChI=1S/C39H69N3O/c1-31-20-22-32(23-21-31)30-43-39-26-24-35(25-27-39)41(34-13-5-2-6-14-34)38-19-11-12-33(28-38)29-40-42(36-15-7-3-8-16-36)37-17-9-4-10-18-37/h29,31-39H,2-28,30H2,1H3. The van der Waals surface area contributed by atoms with Gasteiger partial charge < -0.3 is 4.74 Å². The average molecular weight is 596 g/mol. The predicted octanol–water partition coefficient (Wildman–Crippen LogP) is 10.3. The molecule has 0 aromatic rings. The van der Waals surface area contributed by atoms with E-state index in [9.17, 15) is 0 Å². The van der Waals surface area contributed by atoms with Crippen molar-refractivity contribution in [1.29, 1.82) is 0 Å². The Morgan fingerprint density at radius 2 is 1.07 bits per heavy atom. The highest BCUT2D eigenvalue weighted by atomic mass is 16.5. The lowest BCUT2D eigenvalue weighted by atomic mass is 9.80. The van der Waals surface area contributed by atoms with Gasteiger partial charge in [-0.2, -0.15) is 5.10 Å². The van der Waals surface area contributed by atoms with Crippen LogP contribution < -0.4 is 0 Å². The molecule has 0 spiro atoms.